The molecule has 0 bridgehead atoms. The molecule has 26 heavy (non-hydrogen) atoms. The van der Waals surface area contributed by atoms with Crippen molar-refractivity contribution in [3.63, 3.8) is 0 Å². The first kappa shape index (κ1) is 17.9. The number of carbonyl (C=O) groups excluding carboxylic acids is 1. The van der Waals surface area contributed by atoms with E-state index < -0.39 is 0 Å². The number of para-hydroxylation sites is 2. The van der Waals surface area contributed by atoms with Crippen LogP contribution in [0.25, 0.3) is 0 Å². The fraction of sp³-hybridized carbons (Fsp3) is 0.150. The zero-order valence-corrected chi connectivity index (χ0v) is 15.2. The van der Waals surface area contributed by atoms with Gasteiger partial charge in [-0.15, -0.1) is 11.8 Å². The predicted octanol–water partition coefficient (Wildman–Crippen LogP) is 4.42. The maximum Gasteiger partial charge on any atom is 0.258 e. The third kappa shape index (κ3) is 4.61. The Kier molecular flexibility index (Phi) is 6.22. The molecule has 3 rings (SSSR count). The summed E-state index contributed by atoms with van der Waals surface area (Å²) in [5.74, 6) is 1.16. The molecule has 0 fully saturated rings. The van der Waals surface area contributed by atoms with Crippen molar-refractivity contribution in [2.75, 3.05) is 11.9 Å². The largest absolute Gasteiger partial charge is 0.492 e. The zero-order chi connectivity index (χ0) is 18.2. The SMILES string of the molecule is CCOc1ccccc1NC(=O)c1cccnc1SCc1ccncc1. The number of ether oxygens (including phenoxy) is 1. The third-order valence-electron chi connectivity index (χ3n) is 3.58. The summed E-state index contributed by atoms with van der Waals surface area (Å²) >= 11 is 1.52. The fourth-order valence-corrected chi connectivity index (χ4v) is 3.30. The average Bonchev–Trinajstić information content (AvgIpc) is 2.69. The van der Waals surface area contributed by atoms with Crippen LogP contribution in [0.4, 0.5) is 5.69 Å². The number of pyridine rings is 2. The first-order chi connectivity index (χ1) is 12.8. The van der Waals surface area contributed by atoms with Crippen LogP contribution in [-0.4, -0.2) is 22.5 Å². The molecule has 6 heteroatoms. The van der Waals surface area contributed by atoms with Crippen LogP contribution in [0.5, 0.6) is 5.75 Å². The third-order valence-corrected chi connectivity index (χ3v) is 4.65. The van der Waals surface area contributed by atoms with E-state index >= 15 is 0 Å². The number of anilines is 1. The Hall–Kier alpha value is -2.86. The average molecular weight is 365 g/mol. The lowest BCUT2D eigenvalue weighted by atomic mass is 10.2. The van der Waals surface area contributed by atoms with E-state index in [4.69, 9.17) is 4.74 Å². The molecule has 3 aromatic rings. The molecule has 5 nitrogen and oxygen atoms in total. The zero-order valence-electron chi connectivity index (χ0n) is 14.4. The predicted molar refractivity (Wildman–Crippen MR) is 104 cm³/mol. The number of carbonyl (C=O) groups is 1. The van der Waals surface area contributed by atoms with Crippen molar-refractivity contribution in [1.82, 2.24) is 9.97 Å². The normalized spacial score (nSPS) is 10.3. The Bertz CT molecular complexity index is 872. The number of benzene rings is 1. The van der Waals surface area contributed by atoms with Gasteiger partial charge in [0.15, 0.2) is 0 Å². The molecule has 0 radical (unpaired) electrons. The summed E-state index contributed by atoms with van der Waals surface area (Å²) in [6, 6.07) is 14.8. The Balaban J connectivity index is 1.76. The topological polar surface area (TPSA) is 64.1 Å². The highest BCUT2D eigenvalue weighted by Crippen LogP contribution is 2.27. The number of rotatable bonds is 7. The first-order valence-electron chi connectivity index (χ1n) is 8.28. The van der Waals surface area contributed by atoms with Crippen LogP contribution in [0.2, 0.25) is 0 Å². The van der Waals surface area contributed by atoms with E-state index in [1.807, 2.05) is 43.3 Å². The van der Waals surface area contributed by atoms with E-state index in [9.17, 15) is 4.79 Å². The maximum atomic E-state index is 12.8. The van der Waals surface area contributed by atoms with Gasteiger partial charge in [0.25, 0.3) is 5.91 Å². The van der Waals surface area contributed by atoms with Gasteiger partial charge < -0.3 is 10.1 Å². The van der Waals surface area contributed by atoms with Gasteiger partial charge in [-0.2, -0.15) is 0 Å². The van der Waals surface area contributed by atoms with Crippen molar-refractivity contribution in [1.29, 1.82) is 0 Å². The number of nitrogens with zero attached hydrogens (tertiary/aromatic N) is 2. The lowest BCUT2D eigenvalue weighted by Crippen LogP contribution is -2.14. The lowest BCUT2D eigenvalue weighted by molar-refractivity contribution is 0.102. The minimum atomic E-state index is -0.206. The molecule has 1 N–H and O–H groups in total. The summed E-state index contributed by atoms with van der Waals surface area (Å²) in [6.45, 7) is 2.44. The Morgan fingerprint density at radius 1 is 1.08 bits per heavy atom. The second-order valence-electron chi connectivity index (χ2n) is 5.38. The van der Waals surface area contributed by atoms with Crippen molar-refractivity contribution < 1.29 is 9.53 Å². The number of thioether (sulfide) groups is 1. The van der Waals surface area contributed by atoms with E-state index in [0.29, 0.717) is 28.6 Å². The van der Waals surface area contributed by atoms with Gasteiger partial charge in [0, 0.05) is 24.3 Å². The summed E-state index contributed by atoms with van der Waals surface area (Å²) in [5, 5.41) is 3.61. The van der Waals surface area contributed by atoms with Crippen molar-refractivity contribution in [3.05, 3.63) is 78.2 Å². The van der Waals surface area contributed by atoms with E-state index in [1.165, 1.54) is 11.8 Å². The molecule has 2 heterocycles. The van der Waals surface area contributed by atoms with Gasteiger partial charge in [-0.1, -0.05) is 12.1 Å². The molecule has 0 aliphatic carbocycles. The highest BCUT2D eigenvalue weighted by Gasteiger charge is 2.15. The second kappa shape index (κ2) is 9.01. The summed E-state index contributed by atoms with van der Waals surface area (Å²) in [4.78, 5) is 21.2. The number of amides is 1. The van der Waals surface area contributed by atoms with Gasteiger partial charge in [-0.05, 0) is 48.9 Å². The van der Waals surface area contributed by atoms with Crippen molar-refractivity contribution in [2.24, 2.45) is 0 Å². The van der Waals surface area contributed by atoms with E-state index in [2.05, 4.69) is 15.3 Å². The van der Waals surface area contributed by atoms with Crippen LogP contribution in [0, 0.1) is 0 Å². The molecule has 0 atom stereocenters. The summed E-state index contributed by atoms with van der Waals surface area (Å²) in [7, 11) is 0. The minimum absolute atomic E-state index is 0.206. The van der Waals surface area contributed by atoms with Gasteiger partial charge >= 0.3 is 0 Å². The highest BCUT2D eigenvalue weighted by molar-refractivity contribution is 7.98. The van der Waals surface area contributed by atoms with Crippen LogP contribution >= 0.6 is 11.8 Å². The van der Waals surface area contributed by atoms with Gasteiger partial charge in [0.1, 0.15) is 10.8 Å². The smallest absolute Gasteiger partial charge is 0.258 e. The number of hydrogen-bond acceptors (Lipinski definition) is 5. The standard InChI is InChI=1S/C20H19N3O2S/c1-2-25-18-8-4-3-7-17(18)23-19(24)16-6-5-11-22-20(16)26-14-15-9-12-21-13-10-15/h3-13H,2,14H2,1H3,(H,23,24). The summed E-state index contributed by atoms with van der Waals surface area (Å²) in [5.41, 5.74) is 2.31. The second-order valence-corrected chi connectivity index (χ2v) is 6.35. The summed E-state index contributed by atoms with van der Waals surface area (Å²) in [6.07, 6.45) is 5.21. The van der Waals surface area contributed by atoms with Crippen LogP contribution < -0.4 is 10.1 Å². The van der Waals surface area contributed by atoms with Crippen molar-refractivity contribution in [3.8, 4) is 5.75 Å². The molecular weight excluding hydrogens is 346 g/mol. The van der Waals surface area contributed by atoms with E-state index in [0.717, 1.165) is 11.3 Å². The van der Waals surface area contributed by atoms with E-state index in [1.54, 1.807) is 30.7 Å². The lowest BCUT2D eigenvalue weighted by Gasteiger charge is -2.12. The van der Waals surface area contributed by atoms with Crippen LogP contribution in [0.15, 0.2) is 72.1 Å². The Morgan fingerprint density at radius 2 is 1.88 bits per heavy atom. The van der Waals surface area contributed by atoms with Gasteiger partial charge in [0.2, 0.25) is 0 Å². The Morgan fingerprint density at radius 3 is 2.69 bits per heavy atom. The molecule has 0 saturated heterocycles. The summed E-state index contributed by atoms with van der Waals surface area (Å²) < 4.78 is 5.57. The van der Waals surface area contributed by atoms with Crippen molar-refractivity contribution >= 4 is 23.4 Å². The van der Waals surface area contributed by atoms with Crippen LogP contribution in [-0.2, 0) is 5.75 Å². The highest BCUT2D eigenvalue weighted by atomic mass is 32.2. The van der Waals surface area contributed by atoms with Gasteiger partial charge in [0.05, 0.1) is 17.9 Å². The van der Waals surface area contributed by atoms with Crippen LogP contribution in [0.3, 0.4) is 0 Å². The van der Waals surface area contributed by atoms with Gasteiger partial charge in [-0.25, -0.2) is 4.98 Å². The molecule has 1 amide bonds. The number of aromatic nitrogens is 2. The maximum absolute atomic E-state index is 12.8. The van der Waals surface area contributed by atoms with E-state index in [-0.39, 0.29) is 5.91 Å². The Labute approximate surface area is 156 Å². The first-order valence-corrected chi connectivity index (χ1v) is 9.26. The molecule has 1 aromatic carbocycles. The number of hydrogen-bond donors (Lipinski definition) is 1. The monoisotopic (exact) mass is 365 g/mol. The molecule has 2 aromatic heterocycles. The molecule has 0 aliphatic heterocycles. The molecule has 132 valence electrons. The molecule has 0 spiro atoms. The van der Waals surface area contributed by atoms with Gasteiger partial charge in [-0.3, -0.25) is 9.78 Å². The fourth-order valence-electron chi connectivity index (χ4n) is 2.35. The molecule has 0 aliphatic rings. The molecular formula is C20H19N3O2S. The van der Waals surface area contributed by atoms with Crippen LogP contribution in [0.1, 0.15) is 22.8 Å². The van der Waals surface area contributed by atoms with Crippen molar-refractivity contribution in [2.45, 2.75) is 17.7 Å². The minimum Gasteiger partial charge on any atom is -0.492 e. The molecule has 0 saturated carbocycles. The quantitative estimate of drug-likeness (QED) is 0.628. The molecule has 0 unspecified atom stereocenters. The number of nitrogens with one attached hydrogen (secondary N) is 1.